The lowest BCUT2D eigenvalue weighted by Gasteiger charge is -2.36. The third kappa shape index (κ3) is 2.89. The zero-order chi connectivity index (χ0) is 11.6. The Bertz CT molecular complexity index is 365. The molecule has 0 saturated carbocycles. The summed E-state index contributed by atoms with van der Waals surface area (Å²) in [7, 11) is 0. The van der Waals surface area contributed by atoms with Gasteiger partial charge in [0.15, 0.2) is 0 Å². The number of halogens is 1. The van der Waals surface area contributed by atoms with Crippen LogP contribution in [0.2, 0.25) is 5.02 Å². The van der Waals surface area contributed by atoms with Crippen LogP contribution in [0.15, 0.2) is 24.3 Å². The zero-order valence-corrected chi connectivity index (χ0v) is 10.6. The van der Waals surface area contributed by atoms with E-state index in [0.717, 1.165) is 30.2 Å². The topological polar surface area (TPSA) is 21.3 Å². The number of anilines is 1. The normalized spacial score (nSPS) is 24.1. The van der Waals surface area contributed by atoms with Gasteiger partial charge in [0.1, 0.15) is 0 Å². The maximum absolute atomic E-state index is 6.12. The largest absolute Gasteiger partial charge is 0.381 e. The van der Waals surface area contributed by atoms with E-state index in [1.54, 1.807) is 0 Å². The third-order valence-electron chi connectivity index (χ3n) is 2.93. The molecule has 3 heteroatoms. The molecule has 1 saturated heterocycles. The Hall–Kier alpha value is -0.730. The molecule has 1 atom stereocenters. The minimum absolute atomic E-state index is 0.0306. The fourth-order valence-corrected chi connectivity index (χ4v) is 2.34. The predicted octanol–water partition coefficient (Wildman–Crippen LogP) is 3.71. The van der Waals surface area contributed by atoms with Crippen LogP contribution in [0, 0.1) is 0 Å². The first-order valence-corrected chi connectivity index (χ1v) is 6.10. The molecule has 1 aromatic rings. The van der Waals surface area contributed by atoms with E-state index in [9.17, 15) is 0 Å². The Morgan fingerprint density at radius 2 is 2.12 bits per heavy atom. The molecule has 0 spiro atoms. The fourth-order valence-electron chi connectivity index (χ4n) is 2.15. The first-order chi connectivity index (χ1) is 7.57. The highest BCUT2D eigenvalue weighted by atomic mass is 35.5. The molecule has 1 aliphatic rings. The second-order valence-electron chi connectivity index (χ2n) is 4.92. The minimum atomic E-state index is -0.0306. The molecule has 88 valence electrons. The van der Waals surface area contributed by atoms with Gasteiger partial charge in [0.05, 0.1) is 16.3 Å². The lowest BCUT2D eigenvalue weighted by molar-refractivity contribution is -0.0553. The van der Waals surface area contributed by atoms with Crippen LogP contribution in [-0.2, 0) is 4.74 Å². The number of hydrogen-bond donors (Lipinski definition) is 1. The standard InChI is InChI=1S/C13H18ClNO/c1-13(2)9-10(7-8-16-13)15-12-6-4-3-5-11(12)14/h3-6,10,15H,7-9H2,1-2H3. The quantitative estimate of drug-likeness (QED) is 0.850. The Balaban J connectivity index is 2.02. The maximum atomic E-state index is 6.12. The molecule has 0 bridgehead atoms. The molecule has 0 aliphatic carbocycles. The molecule has 2 nitrogen and oxygen atoms in total. The van der Waals surface area contributed by atoms with Crippen LogP contribution in [0.1, 0.15) is 26.7 Å². The van der Waals surface area contributed by atoms with Gasteiger partial charge in [0.2, 0.25) is 0 Å². The van der Waals surface area contributed by atoms with Crippen molar-refractivity contribution in [3.63, 3.8) is 0 Å². The van der Waals surface area contributed by atoms with Crippen LogP contribution in [0.5, 0.6) is 0 Å². The van der Waals surface area contributed by atoms with E-state index in [1.165, 1.54) is 0 Å². The summed E-state index contributed by atoms with van der Waals surface area (Å²) in [6, 6.07) is 8.32. The van der Waals surface area contributed by atoms with Gasteiger partial charge in [-0.15, -0.1) is 0 Å². The molecule has 1 heterocycles. The van der Waals surface area contributed by atoms with Crippen molar-refractivity contribution in [3.05, 3.63) is 29.3 Å². The van der Waals surface area contributed by atoms with Crippen LogP contribution in [0.3, 0.4) is 0 Å². The Labute approximate surface area is 102 Å². The van der Waals surface area contributed by atoms with Gasteiger partial charge < -0.3 is 10.1 Å². The van der Waals surface area contributed by atoms with Crippen molar-refractivity contribution >= 4 is 17.3 Å². The van der Waals surface area contributed by atoms with Crippen molar-refractivity contribution in [2.75, 3.05) is 11.9 Å². The summed E-state index contributed by atoms with van der Waals surface area (Å²) in [6.07, 6.45) is 2.05. The van der Waals surface area contributed by atoms with Crippen LogP contribution >= 0.6 is 11.6 Å². The molecule has 0 radical (unpaired) electrons. The van der Waals surface area contributed by atoms with E-state index >= 15 is 0 Å². The number of ether oxygens (including phenoxy) is 1. The van der Waals surface area contributed by atoms with E-state index in [4.69, 9.17) is 16.3 Å². The molecule has 1 fully saturated rings. The number of rotatable bonds is 2. The van der Waals surface area contributed by atoms with Crippen LogP contribution in [0.25, 0.3) is 0 Å². The summed E-state index contributed by atoms with van der Waals surface area (Å²) in [5.74, 6) is 0. The molecule has 1 aliphatic heterocycles. The van der Waals surface area contributed by atoms with Crippen molar-refractivity contribution in [1.29, 1.82) is 0 Å². The summed E-state index contributed by atoms with van der Waals surface area (Å²) in [5, 5.41) is 4.28. The second-order valence-corrected chi connectivity index (χ2v) is 5.33. The summed E-state index contributed by atoms with van der Waals surface area (Å²) >= 11 is 6.12. The van der Waals surface area contributed by atoms with Gasteiger partial charge in [-0.1, -0.05) is 23.7 Å². The molecule has 1 aromatic carbocycles. The number of nitrogens with one attached hydrogen (secondary N) is 1. The van der Waals surface area contributed by atoms with E-state index in [1.807, 2.05) is 24.3 Å². The van der Waals surface area contributed by atoms with Crippen LogP contribution in [0.4, 0.5) is 5.69 Å². The first-order valence-electron chi connectivity index (χ1n) is 5.72. The summed E-state index contributed by atoms with van der Waals surface area (Å²) in [4.78, 5) is 0. The van der Waals surface area contributed by atoms with E-state index < -0.39 is 0 Å². The van der Waals surface area contributed by atoms with Gasteiger partial charge in [0.25, 0.3) is 0 Å². The molecule has 1 unspecified atom stereocenters. The van der Waals surface area contributed by atoms with Crippen molar-refractivity contribution in [2.24, 2.45) is 0 Å². The maximum Gasteiger partial charge on any atom is 0.0646 e. The van der Waals surface area contributed by atoms with Crippen LogP contribution in [-0.4, -0.2) is 18.2 Å². The van der Waals surface area contributed by atoms with Crippen molar-refractivity contribution < 1.29 is 4.74 Å². The first kappa shape index (κ1) is 11.7. The number of benzene rings is 1. The molecular weight excluding hydrogens is 222 g/mol. The van der Waals surface area contributed by atoms with E-state index in [2.05, 4.69) is 19.2 Å². The average molecular weight is 240 g/mol. The molecule has 16 heavy (non-hydrogen) atoms. The minimum Gasteiger partial charge on any atom is -0.381 e. The Kier molecular flexibility index (Phi) is 3.41. The van der Waals surface area contributed by atoms with Gasteiger partial charge in [-0.25, -0.2) is 0 Å². The smallest absolute Gasteiger partial charge is 0.0646 e. The Morgan fingerprint density at radius 3 is 2.81 bits per heavy atom. The lowest BCUT2D eigenvalue weighted by Crippen LogP contribution is -2.40. The van der Waals surface area contributed by atoms with Crippen molar-refractivity contribution in [2.45, 2.75) is 38.3 Å². The monoisotopic (exact) mass is 239 g/mol. The molecule has 0 amide bonds. The van der Waals surface area contributed by atoms with E-state index in [-0.39, 0.29) is 5.60 Å². The highest BCUT2D eigenvalue weighted by Crippen LogP contribution is 2.28. The predicted molar refractivity (Wildman–Crippen MR) is 68.1 cm³/mol. The fraction of sp³-hybridized carbons (Fsp3) is 0.538. The lowest BCUT2D eigenvalue weighted by atomic mass is 9.94. The SMILES string of the molecule is CC1(C)CC(Nc2ccccc2Cl)CCO1. The Morgan fingerprint density at radius 1 is 1.38 bits per heavy atom. The second kappa shape index (κ2) is 4.64. The van der Waals surface area contributed by atoms with Gasteiger partial charge in [-0.3, -0.25) is 0 Å². The van der Waals surface area contributed by atoms with Gasteiger partial charge in [-0.05, 0) is 38.8 Å². The molecule has 0 aromatic heterocycles. The third-order valence-corrected chi connectivity index (χ3v) is 3.26. The highest BCUT2D eigenvalue weighted by molar-refractivity contribution is 6.33. The zero-order valence-electron chi connectivity index (χ0n) is 9.79. The number of hydrogen-bond acceptors (Lipinski definition) is 2. The number of para-hydroxylation sites is 1. The van der Waals surface area contributed by atoms with Crippen molar-refractivity contribution in [1.82, 2.24) is 0 Å². The van der Waals surface area contributed by atoms with Gasteiger partial charge >= 0.3 is 0 Å². The van der Waals surface area contributed by atoms with Crippen LogP contribution < -0.4 is 5.32 Å². The molecular formula is C13H18ClNO. The average Bonchev–Trinajstić information content (AvgIpc) is 2.20. The molecule has 2 rings (SSSR count). The summed E-state index contributed by atoms with van der Waals surface area (Å²) in [5.41, 5.74) is 0.990. The van der Waals surface area contributed by atoms with Crippen molar-refractivity contribution in [3.8, 4) is 0 Å². The highest BCUT2D eigenvalue weighted by Gasteiger charge is 2.28. The summed E-state index contributed by atoms with van der Waals surface area (Å²) < 4.78 is 5.69. The summed E-state index contributed by atoms with van der Waals surface area (Å²) in [6.45, 7) is 5.08. The van der Waals surface area contributed by atoms with E-state index in [0.29, 0.717) is 6.04 Å². The van der Waals surface area contributed by atoms with Gasteiger partial charge in [0, 0.05) is 12.6 Å². The molecule has 1 N–H and O–H groups in total. The van der Waals surface area contributed by atoms with Gasteiger partial charge in [-0.2, -0.15) is 0 Å².